The lowest BCUT2D eigenvalue weighted by Gasteiger charge is -2.14. The van der Waals surface area contributed by atoms with Crippen LogP contribution in [0.1, 0.15) is 28.3 Å². The maximum atomic E-state index is 12.5. The number of halogens is 2. The van der Waals surface area contributed by atoms with Gasteiger partial charge in [-0.15, -0.1) is 21.5 Å². The van der Waals surface area contributed by atoms with Crippen LogP contribution < -0.4 is 5.32 Å². The van der Waals surface area contributed by atoms with Crippen LogP contribution >= 0.6 is 46.3 Å². The molecule has 1 amide bonds. The van der Waals surface area contributed by atoms with Crippen LogP contribution in [-0.2, 0) is 5.75 Å². The molecular weight excluding hydrogens is 535 g/mol. The zero-order valence-electron chi connectivity index (χ0n) is 19.4. The summed E-state index contributed by atoms with van der Waals surface area (Å²) in [7, 11) is 0. The number of likely N-dealkylation sites (tertiary alicyclic amines) is 1. The summed E-state index contributed by atoms with van der Waals surface area (Å²) >= 11 is 15.7. The van der Waals surface area contributed by atoms with Crippen LogP contribution in [0.2, 0.25) is 10.0 Å². The molecule has 0 saturated carbocycles. The summed E-state index contributed by atoms with van der Waals surface area (Å²) in [5.74, 6) is 1.04. The minimum atomic E-state index is -0.134. The number of benzene rings is 2. The predicted molar refractivity (Wildman–Crippen MR) is 146 cm³/mol. The second kappa shape index (κ2) is 11.7. The molecule has 186 valence electrons. The molecule has 7 nitrogen and oxygen atoms in total. The Balaban J connectivity index is 1.30. The molecule has 1 saturated heterocycles. The topological polar surface area (TPSA) is 75.9 Å². The quantitative estimate of drug-likeness (QED) is 0.261. The number of nitrogens with zero attached hydrogens (tertiary/aromatic N) is 5. The molecule has 1 fully saturated rings. The zero-order valence-corrected chi connectivity index (χ0v) is 22.5. The SMILES string of the molecule is O=C(NCCN1CCCC1)c1csc(CSc2nnc(-c3ccccc3Cl)n2-c2cccc(Cl)c2)n1. The highest BCUT2D eigenvalue weighted by Crippen LogP contribution is 2.33. The van der Waals surface area contributed by atoms with E-state index >= 15 is 0 Å². The Morgan fingerprint density at radius 1 is 1.08 bits per heavy atom. The third-order valence-electron chi connectivity index (χ3n) is 5.84. The van der Waals surface area contributed by atoms with E-state index < -0.39 is 0 Å². The van der Waals surface area contributed by atoms with Gasteiger partial charge < -0.3 is 10.2 Å². The van der Waals surface area contributed by atoms with E-state index in [0.29, 0.717) is 39.0 Å². The van der Waals surface area contributed by atoms with Crippen molar-refractivity contribution in [3.05, 3.63) is 74.7 Å². The van der Waals surface area contributed by atoms with E-state index in [1.807, 2.05) is 53.1 Å². The number of aromatic nitrogens is 4. The van der Waals surface area contributed by atoms with Crippen molar-refractivity contribution >= 4 is 52.2 Å². The number of amides is 1. The van der Waals surface area contributed by atoms with Gasteiger partial charge in [0.2, 0.25) is 0 Å². The Labute approximate surface area is 227 Å². The monoisotopic (exact) mass is 558 g/mol. The smallest absolute Gasteiger partial charge is 0.270 e. The van der Waals surface area contributed by atoms with E-state index in [-0.39, 0.29) is 5.91 Å². The maximum Gasteiger partial charge on any atom is 0.270 e. The van der Waals surface area contributed by atoms with Crippen molar-refractivity contribution in [2.75, 3.05) is 26.2 Å². The normalized spacial score (nSPS) is 13.8. The molecule has 0 spiro atoms. The fraction of sp³-hybridized carbons (Fsp3) is 0.280. The van der Waals surface area contributed by atoms with Gasteiger partial charge in [-0.05, 0) is 56.3 Å². The molecule has 4 aromatic rings. The molecule has 0 aliphatic carbocycles. The number of rotatable bonds is 9. The number of carbonyl (C=O) groups is 1. The predicted octanol–water partition coefficient (Wildman–Crippen LogP) is 5.82. The fourth-order valence-corrected chi connectivity index (χ4v) is 6.21. The van der Waals surface area contributed by atoms with Crippen LogP contribution in [0.4, 0.5) is 0 Å². The summed E-state index contributed by atoms with van der Waals surface area (Å²) in [5, 5.41) is 16.4. The number of carbonyl (C=O) groups excluding carboxylic acids is 1. The van der Waals surface area contributed by atoms with Crippen LogP contribution in [0, 0.1) is 0 Å². The third kappa shape index (κ3) is 5.92. The highest BCUT2D eigenvalue weighted by atomic mass is 35.5. The lowest BCUT2D eigenvalue weighted by molar-refractivity contribution is 0.0945. The highest BCUT2D eigenvalue weighted by molar-refractivity contribution is 7.98. The van der Waals surface area contributed by atoms with E-state index in [1.54, 1.807) is 5.38 Å². The summed E-state index contributed by atoms with van der Waals surface area (Å²) < 4.78 is 1.94. The molecule has 1 aliphatic rings. The van der Waals surface area contributed by atoms with E-state index in [0.717, 1.165) is 35.9 Å². The first-order valence-corrected chi connectivity index (χ1v) is 14.2. The molecular formula is C25H24Cl2N6OS2. The highest BCUT2D eigenvalue weighted by Gasteiger charge is 2.19. The van der Waals surface area contributed by atoms with Crippen molar-refractivity contribution < 1.29 is 4.79 Å². The maximum absolute atomic E-state index is 12.5. The molecule has 1 N–H and O–H groups in total. The third-order valence-corrected chi connectivity index (χ3v) is 8.37. The lowest BCUT2D eigenvalue weighted by Crippen LogP contribution is -2.33. The minimum absolute atomic E-state index is 0.134. The van der Waals surface area contributed by atoms with Crippen LogP contribution in [0.15, 0.2) is 59.1 Å². The van der Waals surface area contributed by atoms with Gasteiger partial charge in [0.1, 0.15) is 10.7 Å². The molecule has 1 aliphatic heterocycles. The number of nitrogens with one attached hydrogen (secondary N) is 1. The van der Waals surface area contributed by atoms with Crippen molar-refractivity contribution in [2.45, 2.75) is 23.8 Å². The van der Waals surface area contributed by atoms with E-state index in [1.165, 1.54) is 35.9 Å². The second-order valence-corrected chi connectivity index (χ2v) is 11.0. The molecule has 0 radical (unpaired) electrons. The Morgan fingerprint density at radius 2 is 1.92 bits per heavy atom. The molecule has 5 rings (SSSR count). The number of thiazole rings is 1. The van der Waals surface area contributed by atoms with Gasteiger partial charge >= 0.3 is 0 Å². The first kappa shape index (κ1) is 25.2. The van der Waals surface area contributed by atoms with Gasteiger partial charge in [0.05, 0.1) is 16.5 Å². The largest absolute Gasteiger partial charge is 0.349 e. The summed E-state index contributed by atoms with van der Waals surface area (Å²) in [6.45, 7) is 3.75. The van der Waals surface area contributed by atoms with E-state index in [9.17, 15) is 4.79 Å². The molecule has 2 aromatic heterocycles. The second-order valence-electron chi connectivity index (χ2n) is 8.32. The number of hydrogen-bond acceptors (Lipinski definition) is 7. The van der Waals surface area contributed by atoms with Gasteiger partial charge in [-0.3, -0.25) is 9.36 Å². The van der Waals surface area contributed by atoms with E-state index in [2.05, 4.69) is 25.4 Å². The van der Waals surface area contributed by atoms with Crippen molar-refractivity contribution in [1.29, 1.82) is 0 Å². The number of thioether (sulfide) groups is 1. The fourth-order valence-electron chi connectivity index (χ4n) is 4.06. The Hall–Kier alpha value is -2.43. The van der Waals surface area contributed by atoms with Crippen LogP contribution in [0.25, 0.3) is 17.1 Å². The Morgan fingerprint density at radius 3 is 2.72 bits per heavy atom. The summed E-state index contributed by atoms with van der Waals surface area (Å²) in [6.07, 6.45) is 2.48. The van der Waals surface area contributed by atoms with Crippen LogP contribution in [0.3, 0.4) is 0 Å². The standard InChI is InChI=1S/C25H24Cl2N6OS2/c26-17-6-5-7-18(14-17)33-23(19-8-1-2-9-20(19)27)30-31-25(33)36-16-22-29-21(15-35-22)24(34)28-10-13-32-11-3-4-12-32/h1-2,5-9,14-15H,3-4,10-13,16H2,(H,28,34). The zero-order chi connectivity index (χ0) is 24.9. The van der Waals surface area contributed by atoms with Crippen molar-refractivity contribution in [3.8, 4) is 17.1 Å². The summed E-state index contributed by atoms with van der Waals surface area (Å²) in [6, 6.07) is 15.1. The van der Waals surface area contributed by atoms with Gasteiger partial charge in [0.25, 0.3) is 5.91 Å². The van der Waals surface area contributed by atoms with Crippen LogP contribution in [0.5, 0.6) is 0 Å². The van der Waals surface area contributed by atoms with Crippen molar-refractivity contribution in [3.63, 3.8) is 0 Å². The molecule has 36 heavy (non-hydrogen) atoms. The van der Waals surface area contributed by atoms with Crippen LogP contribution in [-0.4, -0.2) is 56.7 Å². The van der Waals surface area contributed by atoms with Gasteiger partial charge in [-0.2, -0.15) is 0 Å². The van der Waals surface area contributed by atoms with Crippen molar-refractivity contribution in [1.82, 2.24) is 30.0 Å². The molecule has 0 unspecified atom stereocenters. The number of hydrogen-bond donors (Lipinski definition) is 1. The molecule has 3 heterocycles. The Kier molecular flexibility index (Phi) is 8.23. The van der Waals surface area contributed by atoms with Gasteiger partial charge in [0, 0.05) is 29.1 Å². The molecule has 2 aromatic carbocycles. The Bertz CT molecular complexity index is 1350. The lowest BCUT2D eigenvalue weighted by atomic mass is 10.2. The van der Waals surface area contributed by atoms with Gasteiger partial charge in [-0.1, -0.05) is 53.2 Å². The van der Waals surface area contributed by atoms with Crippen molar-refractivity contribution in [2.24, 2.45) is 0 Å². The summed E-state index contributed by atoms with van der Waals surface area (Å²) in [4.78, 5) is 19.4. The summed E-state index contributed by atoms with van der Waals surface area (Å²) in [5.41, 5.74) is 2.06. The first-order valence-electron chi connectivity index (χ1n) is 11.6. The van der Waals surface area contributed by atoms with Gasteiger partial charge in [-0.25, -0.2) is 4.98 Å². The average molecular weight is 560 g/mol. The first-order chi connectivity index (χ1) is 17.6. The van der Waals surface area contributed by atoms with Gasteiger partial charge in [0.15, 0.2) is 11.0 Å². The average Bonchev–Trinajstić information content (AvgIpc) is 3.64. The minimum Gasteiger partial charge on any atom is -0.349 e. The molecule has 0 atom stereocenters. The molecule has 0 bridgehead atoms. The molecule has 11 heteroatoms. The van der Waals surface area contributed by atoms with E-state index in [4.69, 9.17) is 23.2 Å².